The molecule has 2 atom stereocenters. The second-order valence-electron chi connectivity index (χ2n) is 9.51. The van der Waals surface area contributed by atoms with Crippen molar-refractivity contribution < 1.29 is 18.0 Å². The zero-order valence-corrected chi connectivity index (χ0v) is 17.8. The number of fused-ring (bicyclic) bond motifs is 1. The standard InChI is InChI=1S/C24H27F3N4O/c25-24(26,27)15-30-7-5-21(6-8-30)31-13-20-10-23(20,14-31)19-3-1-16(2-4-19)17-9-18(22(28)32)12-29-11-17/h1-4,9,11-12,20-21H,5-8,10,13-15H2,(H2,28,32)/t20-,23+/m1/s1. The Labute approximate surface area is 185 Å². The zero-order valence-electron chi connectivity index (χ0n) is 17.8. The topological polar surface area (TPSA) is 62.5 Å². The van der Waals surface area contributed by atoms with Gasteiger partial charge < -0.3 is 5.73 Å². The number of nitrogens with zero attached hydrogens (tertiary/aromatic N) is 3. The number of piperidine rings is 2. The first-order valence-corrected chi connectivity index (χ1v) is 11.1. The van der Waals surface area contributed by atoms with Crippen LogP contribution in [0.1, 0.15) is 35.2 Å². The third-order valence-corrected chi connectivity index (χ3v) is 7.46. The van der Waals surface area contributed by atoms with Crippen LogP contribution < -0.4 is 5.73 Å². The third kappa shape index (κ3) is 4.13. The summed E-state index contributed by atoms with van der Waals surface area (Å²) in [4.78, 5) is 19.6. The summed E-state index contributed by atoms with van der Waals surface area (Å²) in [5.74, 6) is 0.132. The highest BCUT2D eigenvalue weighted by atomic mass is 19.4. The fourth-order valence-corrected chi connectivity index (χ4v) is 5.67. The van der Waals surface area contributed by atoms with Gasteiger partial charge >= 0.3 is 6.18 Å². The Hall–Kier alpha value is -2.45. The molecule has 0 unspecified atom stereocenters. The van der Waals surface area contributed by atoms with Gasteiger partial charge in [-0.15, -0.1) is 0 Å². The van der Waals surface area contributed by atoms with Gasteiger partial charge in [-0.2, -0.15) is 13.2 Å². The highest BCUT2D eigenvalue weighted by Gasteiger charge is 2.61. The number of hydrogen-bond acceptors (Lipinski definition) is 4. The van der Waals surface area contributed by atoms with Crippen LogP contribution in [0, 0.1) is 5.92 Å². The Bertz CT molecular complexity index is 1000. The summed E-state index contributed by atoms with van der Waals surface area (Å²) in [6, 6.07) is 10.6. The molecule has 2 aliphatic heterocycles. The quantitative estimate of drug-likeness (QED) is 0.768. The highest BCUT2D eigenvalue weighted by Crippen LogP contribution is 2.59. The van der Waals surface area contributed by atoms with Gasteiger partial charge in [-0.25, -0.2) is 0 Å². The van der Waals surface area contributed by atoms with E-state index in [0.29, 0.717) is 30.6 Å². The summed E-state index contributed by atoms with van der Waals surface area (Å²) in [5, 5.41) is 0. The number of alkyl halides is 3. The van der Waals surface area contributed by atoms with Crippen molar-refractivity contribution in [1.82, 2.24) is 14.8 Å². The molecule has 5 nitrogen and oxygen atoms in total. The number of primary amides is 1. The van der Waals surface area contributed by atoms with E-state index in [-0.39, 0.29) is 5.41 Å². The van der Waals surface area contributed by atoms with Gasteiger partial charge in [-0.05, 0) is 55.5 Å². The van der Waals surface area contributed by atoms with Crippen molar-refractivity contribution >= 4 is 5.91 Å². The fourth-order valence-electron chi connectivity index (χ4n) is 5.67. The number of likely N-dealkylation sites (tertiary alicyclic amines) is 2. The Morgan fingerprint density at radius 1 is 1.12 bits per heavy atom. The minimum Gasteiger partial charge on any atom is -0.366 e. The molecule has 2 saturated heterocycles. The van der Waals surface area contributed by atoms with Crippen molar-refractivity contribution in [1.29, 1.82) is 0 Å². The van der Waals surface area contributed by atoms with Crippen molar-refractivity contribution in [3.05, 3.63) is 53.9 Å². The molecule has 2 aromatic rings. The van der Waals surface area contributed by atoms with Crippen molar-refractivity contribution in [3.63, 3.8) is 0 Å². The van der Waals surface area contributed by atoms with Crippen LogP contribution in [0.3, 0.4) is 0 Å². The molecule has 3 fully saturated rings. The molecule has 0 radical (unpaired) electrons. The van der Waals surface area contributed by atoms with E-state index in [2.05, 4.69) is 34.1 Å². The van der Waals surface area contributed by atoms with Crippen LogP contribution >= 0.6 is 0 Å². The van der Waals surface area contributed by atoms with E-state index >= 15 is 0 Å². The Morgan fingerprint density at radius 3 is 2.50 bits per heavy atom. The molecule has 170 valence electrons. The number of rotatable bonds is 5. The van der Waals surface area contributed by atoms with E-state index in [4.69, 9.17) is 5.73 Å². The van der Waals surface area contributed by atoms with Gasteiger partial charge in [0.1, 0.15) is 0 Å². The average molecular weight is 445 g/mol. The lowest BCUT2D eigenvalue weighted by Gasteiger charge is -2.38. The Morgan fingerprint density at radius 2 is 1.84 bits per heavy atom. The number of carbonyl (C=O) groups excluding carboxylic acids is 1. The monoisotopic (exact) mass is 444 g/mol. The predicted molar refractivity (Wildman–Crippen MR) is 115 cm³/mol. The minimum atomic E-state index is -4.12. The van der Waals surface area contributed by atoms with E-state index in [0.717, 1.165) is 37.1 Å². The van der Waals surface area contributed by atoms with Crippen molar-refractivity contribution in [2.24, 2.45) is 11.7 Å². The Balaban J connectivity index is 1.23. The van der Waals surface area contributed by atoms with E-state index in [1.165, 1.54) is 23.1 Å². The molecule has 1 aromatic heterocycles. The predicted octanol–water partition coefficient (Wildman–Crippen LogP) is 3.45. The van der Waals surface area contributed by atoms with Gasteiger partial charge in [0.15, 0.2) is 0 Å². The van der Waals surface area contributed by atoms with Gasteiger partial charge in [-0.3, -0.25) is 19.6 Å². The molecule has 32 heavy (non-hydrogen) atoms. The van der Waals surface area contributed by atoms with Gasteiger partial charge in [0.2, 0.25) is 5.91 Å². The second kappa shape index (κ2) is 7.85. The first-order valence-electron chi connectivity index (χ1n) is 11.1. The highest BCUT2D eigenvalue weighted by molar-refractivity contribution is 5.93. The van der Waals surface area contributed by atoms with E-state index in [1.54, 1.807) is 12.3 Å². The first kappa shape index (κ1) is 21.4. The molecule has 8 heteroatoms. The molecular formula is C24H27F3N4O. The summed E-state index contributed by atoms with van der Waals surface area (Å²) in [7, 11) is 0. The number of hydrogen-bond donors (Lipinski definition) is 1. The van der Waals surface area contributed by atoms with Crippen LogP contribution in [0.2, 0.25) is 0 Å². The maximum atomic E-state index is 12.6. The maximum Gasteiger partial charge on any atom is 0.401 e. The molecule has 1 aromatic carbocycles. The van der Waals surface area contributed by atoms with Gasteiger partial charge in [0, 0.05) is 42.5 Å². The van der Waals surface area contributed by atoms with Crippen LogP contribution in [-0.2, 0) is 5.41 Å². The lowest BCUT2D eigenvalue weighted by molar-refractivity contribution is -0.149. The fraction of sp³-hybridized carbons (Fsp3) is 0.500. The molecular weight excluding hydrogens is 417 g/mol. The molecule has 2 N–H and O–H groups in total. The zero-order chi connectivity index (χ0) is 22.5. The summed E-state index contributed by atoms with van der Waals surface area (Å²) in [5.41, 5.74) is 9.10. The maximum absolute atomic E-state index is 12.6. The second-order valence-corrected chi connectivity index (χ2v) is 9.51. The van der Waals surface area contributed by atoms with E-state index < -0.39 is 18.6 Å². The largest absolute Gasteiger partial charge is 0.401 e. The number of nitrogens with two attached hydrogens (primary N) is 1. The first-order chi connectivity index (χ1) is 15.2. The van der Waals surface area contributed by atoms with E-state index in [9.17, 15) is 18.0 Å². The molecule has 5 rings (SSSR count). The lowest BCUT2D eigenvalue weighted by atomic mass is 9.92. The number of carbonyl (C=O) groups is 1. The summed E-state index contributed by atoms with van der Waals surface area (Å²) in [6.45, 7) is 2.27. The van der Waals surface area contributed by atoms with Crippen molar-refractivity contribution in [2.75, 3.05) is 32.7 Å². The van der Waals surface area contributed by atoms with Crippen LogP contribution in [0.25, 0.3) is 11.1 Å². The van der Waals surface area contributed by atoms with Crippen LogP contribution in [0.4, 0.5) is 13.2 Å². The molecule has 1 aliphatic carbocycles. The number of pyridine rings is 1. The smallest absolute Gasteiger partial charge is 0.366 e. The number of halogens is 3. The summed E-state index contributed by atoms with van der Waals surface area (Å²) in [6.07, 6.45) is 1.86. The molecule has 1 amide bonds. The Kier molecular flexibility index (Phi) is 5.25. The lowest BCUT2D eigenvalue weighted by Crippen LogP contribution is -2.47. The van der Waals surface area contributed by atoms with Crippen molar-refractivity contribution in [2.45, 2.75) is 36.9 Å². The minimum absolute atomic E-state index is 0.176. The molecule has 1 saturated carbocycles. The molecule has 0 bridgehead atoms. The molecule has 0 spiro atoms. The van der Waals surface area contributed by atoms with Gasteiger partial charge in [-0.1, -0.05) is 24.3 Å². The number of amides is 1. The summed E-state index contributed by atoms with van der Waals surface area (Å²) < 4.78 is 37.9. The molecule has 3 aliphatic rings. The van der Waals surface area contributed by atoms with Crippen LogP contribution in [0.15, 0.2) is 42.7 Å². The molecule has 3 heterocycles. The van der Waals surface area contributed by atoms with Crippen molar-refractivity contribution in [3.8, 4) is 11.1 Å². The van der Waals surface area contributed by atoms with Crippen LogP contribution in [-0.4, -0.2) is 65.6 Å². The average Bonchev–Trinajstić information content (AvgIpc) is 3.34. The summed E-state index contributed by atoms with van der Waals surface area (Å²) >= 11 is 0. The number of benzene rings is 1. The van der Waals surface area contributed by atoms with Gasteiger partial charge in [0.05, 0.1) is 12.1 Å². The van der Waals surface area contributed by atoms with Crippen LogP contribution in [0.5, 0.6) is 0 Å². The SMILES string of the molecule is NC(=O)c1cncc(-c2ccc([C@@]34C[C@@H]3CN(C3CCN(CC(F)(F)F)CC3)C4)cc2)c1. The normalized spacial score (nSPS) is 26.8. The van der Waals surface area contributed by atoms with E-state index in [1.807, 2.05) is 0 Å². The number of aromatic nitrogens is 1. The van der Waals surface area contributed by atoms with Gasteiger partial charge in [0.25, 0.3) is 0 Å². The third-order valence-electron chi connectivity index (χ3n) is 7.46.